The molecule has 0 heterocycles. The van der Waals surface area contributed by atoms with Crippen LogP contribution in [-0.2, 0) is 9.09 Å². The molecular formula is C9H16NO3P. The molecule has 0 saturated heterocycles. The summed E-state index contributed by atoms with van der Waals surface area (Å²) < 4.78 is 16.9. The average molecular weight is 217 g/mol. The molecule has 0 bridgehead atoms. The van der Waals surface area contributed by atoms with Crippen LogP contribution in [0, 0.1) is 17.2 Å². The highest BCUT2D eigenvalue weighted by Gasteiger charge is 2.25. The predicted molar refractivity (Wildman–Crippen MR) is 55.3 cm³/mol. The summed E-state index contributed by atoms with van der Waals surface area (Å²) in [4.78, 5) is 0. The lowest BCUT2D eigenvalue weighted by molar-refractivity contribution is 0.276. The molecule has 0 aliphatic rings. The van der Waals surface area contributed by atoms with Gasteiger partial charge in [-0.2, -0.15) is 5.26 Å². The van der Waals surface area contributed by atoms with Gasteiger partial charge in [-0.15, -0.1) is 0 Å². The summed E-state index contributed by atoms with van der Waals surface area (Å²) in [7, 11) is -3.14. The first-order chi connectivity index (χ1) is 6.31. The number of hydrogen-bond donors (Lipinski definition) is 1. The van der Waals surface area contributed by atoms with E-state index in [0.717, 1.165) is 0 Å². The van der Waals surface area contributed by atoms with E-state index < -0.39 is 7.37 Å². The van der Waals surface area contributed by atoms with Crippen molar-refractivity contribution in [3.8, 4) is 6.07 Å². The zero-order valence-corrected chi connectivity index (χ0v) is 9.84. The van der Waals surface area contributed by atoms with Gasteiger partial charge in [0, 0.05) is 6.66 Å². The van der Waals surface area contributed by atoms with Gasteiger partial charge in [0.2, 0.25) is 7.37 Å². The van der Waals surface area contributed by atoms with Crippen LogP contribution in [0.2, 0.25) is 0 Å². The number of nitrogens with zero attached hydrogens (tertiary/aromatic N) is 1. The highest BCUT2D eigenvalue weighted by atomic mass is 31.2. The number of rotatable bonds is 4. The first kappa shape index (κ1) is 13.2. The van der Waals surface area contributed by atoms with Crippen molar-refractivity contribution >= 4 is 7.37 Å². The van der Waals surface area contributed by atoms with Gasteiger partial charge in [-0.25, -0.2) is 0 Å². The quantitative estimate of drug-likeness (QED) is 0.446. The summed E-state index contributed by atoms with van der Waals surface area (Å²) in [6.45, 7) is 6.82. The monoisotopic (exact) mass is 217 g/mol. The second-order valence-corrected chi connectivity index (χ2v) is 5.98. The molecule has 0 aromatic carbocycles. The molecule has 1 atom stereocenters. The third-order valence-corrected chi connectivity index (χ3v) is 3.39. The molecule has 4 nitrogen and oxygen atoms in total. The Labute approximate surface area is 84.6 Å². The van der Waals surface area contributed by atoms with Crippen molar-refractivity contribution in [1.29, 1.82) is 5.26 Å². The molecule has 14 heavy (non-hydrogen) atoms. The number of allylic oxidation sites excluding steroid dienone is 2. The Morgan fingerprint density at radius 3 is 2.43 bits per heavy atom. The van der Waals surface area contributed by atoms with Crippen LogP contribution in [0.15, 0.2) is 11.1 Å². The molecule has 0 radical (unpaired) electrons. The number of hydrogen-bond acceptors (Lipinski definition) is 4. The van der Waals surface area contributed by atoms with Crippen LogP contribution in [0.1, 0.15) is 20.8 Å². The van der Waals surface area contributed by atoms with E-state index in [9.17, 15) is 4.57 Å². The summed E-state index contributed by atoms with van der Waals surface area (Å²) >= 11 is 0. The molecule has 0 aromatic heterocycles. The third-order valence-electron chi connectivity index (χ3n) is 1.51. The van der Waals surface area contributed by atoms with Gasteiger partial charge >= 0.3 is 0 Å². The third kappa shape index (κ3) is 3.95. The van der Waals surface area contributed by atoms with Crippen molar-refractivity contribution in [3.63, 3.8) is 0 Å². The maximum Gasteiger partial charge on any atom is 0.242 e. The number of aliphatic hydroxyl groups is 1. The standard InChI is InChI=1S/C9H16NO3P/c1-7(2)6-13-14(4,12)9(5-10)8(3)11/h7,11H,6H2,1-4H3/b9-8-. The fraction of sp³-hybridized carbons (Fsp3) is 0.667. The normalized spacial score (nSPS) is 17.1. The molecule has 0 fully saturated rings. The maximum atomic E-state index is 11.8. The van der Waals surface area contributed by atoms with Crippen LogP contribution in [0.5, 0.6) is 0 Å². The molecule has 1 unspecified atom stereocenters. The lowest BCUT2D eigenvalue weighted by atomic mass is 10.2. The van der Waals surface area contributed by atoms with E-state index in [-0.39, 0.29) is 17.0 Å². The van der Waals surface area contributed by atoms with E-state index in [1.807, 2.05) is 13.8 Å². The van der Waals surface area contributed by atoms with Gasteiger partial charge < -0.3 is 9.63 Å². The van der Waals surface area contributed by atoms with Crippen LogP contribution < -0.4 is 0 Å². The first-order valence-corrected chi connectivity index (χ1v) is 6.41. The van der Waals surface area contributed by atoms with Crippen molar-refractivity contribution in [2.75, 3.05) is 13.3 Å². The van der Waals surface area contributed by atoms with Gasteiger partial charge in [-0.1, -0.05) is 13.8 Å². The number of aliphatic hydroxyl groups excluding tert-OH is 1. The average Bonchev–Trinajstić information content (AvgIpc) is 2.01. The smallest absolute Gasteiger partial charge is 0.242 e. The fourth-order valence-corrected chi connectivity index (χ4v) is 2.30. The highest BCUT2D eigenvalue weighted by molar-refractivity contribution is 7.63. The Morgan fingerprint density at radius 1 is 1.64 bits per heavy atom. The van der Waals surface area contributed by atoms with E-state index in [1.54, 1.807) is 6.07 Å². The molecule has 0 amide bonds. The Balaban J connectivity index is 4.72. The van der Waals surface area contributed by atoms with E-state index in [1.165, 1.54) is 13.6 Å². The van der Waals surface area contributed by atoms with Gasteiger partial charge in [-0.05, 0) is 12.8 Å². The Kier molecular flexibility index (Phi) is 4.90. The van der Waals surface area contributed by atoms with Gasteiger partial charge in [0.1, 0.15) is 11.8 Å². The molecule has 0 spiro atoms. The molecule has 0 aliphatic carbocycles. The summed E-state index contributed by atoms with van der Waals surface area (Å²) in [5, 5.41) is 17.6. The van der Waals surface area contributed by atoms with Crippen molar-refractivity contribution < 1.29 is 14.2 Å². The summed E-state index contributed by atoms with van der Waals surface area (Å²) in [5.74, 6) is 0.00399. The lowest BCUT2D eigenvalue weighted by Crippen LogP contribution is -2.01. The zero-order chi connectivity index (χ0) is 11.4. The molecule has 1 N–H and O–H groups in total. The fourth-order valence-electron chi connectivity index (χ4n) is 0.821. The summed E-state index contributed by atoms with van der Waals surface area (Å²) in [6, 6.07) is 1.71. The highest BCUT2D eigenvalue weighted by Crippen LogP contribution is 2.52. The molecule has 0 rings (SSSR count). The van der Waals surface area contributed by atoms with E-state index in [0.29, 0.717) is 6.61 Å². The lowest BCUT2D eigenvalue weighted by Gasteiger charge is -2.14. The van der Waals surface area contributed by atoms with Gasteiger partial charge in [0.05, 0.1) is 6.61 Å². The van der Waals surface area contributed by atoms with Crippen LogP contribution in [0.3, 0.4) is 0 Å². The van der Waals surface area contributed by atoms with Crippen LogP contribution in [-0.4, -0.2) is 18.4 Å². The molecule has 0 aromatic rings. The van der Waals surface area contributed by atoms with E-state index >= 15 is 0 Å². The summed E-state index contributed by atoms with van der Waals surface area (Å²) in [6.07, 6.45) is 0. The Morgan fingerprint density at radius 2 is 2.14 bits per heavy atom. The minimum absolute atomic E-state index is 0.154. The molecule has 5 heteroatoms. The van der Waals surface area contributed by atoms with Crippen LogP contribution in [0.25, 0.3) is 0 Å². The topological polar surface area (TPSA) is 70.3 Å². The van der Waals surface area contributed by atoms with Crippen molar-refractivity contribution in [3.05, 3.63) is 11.1 Å². The maximum absolute atomic E-state index is 11.8. The number of nitriles is 1. The minimum Gasteiger partial charge on any atom is -0.511 e. The van der Waals surface area contributed by atoms with E-state index in [2.05, 4.69) is 0 Å². The zero-order valence-electron chi connectivity index (χ0n) is 8.94. The molecule has 0 aliphatic heterocycles. The molecule has 0 saturated carbocycles. The molecule has 80 valence electrons. The minimum atomic E-state index is -3.14. The van der Waals surface area contributed by atoms with Crippen LogP contribution >= 0.6 is 7.37 Å². The van der Waals surface area contributed by atoms with Crippen molar-refractivity contribution in [2.45, 2.75) is 20.8 Å². The summed E-state index contributed by atoms with van der Waals surface area (Å²) in [5.41, 5.74) is 0. The second-order valence-electron chi connectivity index (χ2n) is 3.58. The van der Waals surface area contributed by atoms with E-state index in [4.69, 9.17) is 14.9 Å². The van der Waals surface area contributed by atoms with Gasteiger partial charge in [0.25, 0.3) is 0 Å². The Bertz CT molecular complexity index is 311. The predicted octanol–water partition coefficient (Wildman–Crippen LogP) is 2.88. The molecular weight excluding hydrogens is 201 g/mol. The van der Waals surface area contributed by atoms with Gasteiger partial charge in [0.15, 0.2) is 5.31 Å². The first-order valence-electron chi connectivity index (χ1n) is 4.33. The Hall–Kier alpha value is -0.780. The van der Waals surface area contributed by atoms with Gasteiger partial charge in [-0.3, -0.25) is 4.57 Å². The van der Waals surface area contributed by atoms with Crippen molar-refractivity contribution in [2.24, 2.45) is 5.92 Å². The van der Waals surface area contributed by atoms with Crippen molar-refractivity contribution in [1.82, 2.24) is 0 Å². The second kappa shape index (κ2) is 5.19. The largest absolute Gasteiger partial charge is 0.511 e. The van der Waals surface area contributed by atoms with Crippen LogP contribution in [0.4, 0.5) is 0 Å². The SMILES string of the molecule is C/C(O)=C(\C#N)P(C)(=O)OCC(C)C.